The monoisotopic (exact) mass is 328 g/mol. The molecule has 0 aliphatic rings. The van der Waals surface area contributed by atoms with E-state index in [9.17, 15) is 9.90 Å². The van der Waals surface area contributed by atoms with E-state index in [4.69, 9.17) is 9.47 Å². The highest BCUT2D eigenvalue weighted by Crippen LogP contribution is 2.32. The molecule has 0 bridgehead atoms. The van der Waals surface area contributed by atoms with Gasteiger partial charge in [0.15, 0.2) is 6.10 Å². The number of carboxylic acids is 1. The zero-order valence-electron chi connectivity index (χ0n) is 14.6. The molecule has 1 N–H and O–H groups in total. The molecule has 2 aromatic rings. The molecule has 0 saturated carbocycles. The van der Waals surface area contributed by atoms with Gasteiger partial charge in [-0.2, -0.15) is 0 Å². The summed E-state index contributed by atoms with van der Waals surface area (Å²) in [7, 11) is 1.60. The van der Waals surface area contributed by atoms with Crippen molar-refractivity contribution in [3.63, 3.8) is 0 Å². The minimum absolute atomic E-state index is 0.125. The molecular weight excluding hydrogens is 304 g/mol. The Hall–Kier alpha value is -2.49. The summed E-state index contributed by atoms with van der Waals surface area (Å²) >= 11 is 0. The maximum Gasteiger partial charge on any atom is 0.345 e. The van der Waals surface area contributed by atoms with Gasteiger partial charge in [-0.1, -0.05) is 51.1 Å². The number of carbonyl (C=O) groups is 1. The molecule has 4 nitrogen and oxygen atoms in total. The lowest BCUT2D eigenvalue weighted by Crippen LogP contribution is -2.30. The fraction of sp³-hybridized carbons (Fsp3) is 0.350. The van der Waals surface area contributed by atoms with Crippen LogP contribution in [0.25, 0.3) is 0 Å². The Morgan fingerprint density at radius 3 is 2.25 bits per heavy atom. The van der Waals surface area contributed by atoms with E-state index in [0.29, 0.717) is 5.75 Å². The molecule has 0 fully saturated rings. The number of carboxylic acid groups (broad SMARTS) is 1. The van der Waals surface area contributed by atoms with E-state index in [2.05, 4.69) is 20.8 Å². The zero-order chi connectivity index (χ0) is 17.7. The Balaban J connectivity index is 2.22. The first-order chi connectivity index (χ1) is 11.3. The fourth-order valence-electron chi connectivity index (χ4n) is 2.50. The Morgan fingerprint density at radius 1 is 1.08 bits per heavy atom. The van der Waals surface area contributed by atoms with E-state index >= 15 is 0 Å². The molecular formula is C20H24O4. The van der Waals surface area contributed by atoms with Crippen molar-refractivity contribution in [2.24, 2.45) is 0 Å². The molecule has 24 heavy (non-hydrogen) atoms. The molecule has 1 atom stereocenters. The lowest BCUT2D eigenvalue weighted by Gasteiger charge is -2.24. The topological polar surface area (TPSA) is 55.8 Å². The van der Waals surface area contributed by atoms with Crippen molar-refractivity contribution in [2.75, 3.05) is 7.11 Å². The largest absolute Gasteiger partial charge is 0.497 e. The molecule has 0 saturated heterocycles. The summed E-state index contributed by atoms with van der Waals surface area (Å²) in [5.74, 6) is 0.380. The highest BCUT2D eigenvalue weighted by atomic mass is 16.5. The van der Waals surface area contributed by atoms with Crippen molar-refractivity contribution >= 4 is 5.97 Å². The van der Waals surface area contributed by atoms with Crippen molar-refractivity contribution in [2.45, 2.75) is 38.7 Å². The summed E-state index contributed by atoms with van der Waals surface area (Å²) in [5.41, 5.74) is 1.75. The smallest absolute Gasteiger partial charge is 0.345 e. The lowest BCUT2D eigenvalue weighted by atomic mass is 9.86. The van der Waals surface area contributed by atoms with Crippen molar-refractivity contribution in [1.82, 2.24) is 0 Å². The first-order valence-electron chi connectivity index (χ1n) is 7.93. The number of ether oxygens (including phenoxy) is 2. The van der Waals surface area contributed by atoms with Crippen LogP contribution in [0.2, 0.25) is 0 Å². The number of hydrogen-bond donors (Lipinski definition) is 1. The number of benzene rings is 2. The molecule has 0 amide bonds. The molecule has 128 valence electrons. The Labute approximate surface area is 143 Å². The zero-order valence-corrected chi connectivity index (χ0v) is 14.6. The predicted molar refractivity (Wildman–Crippen MR) is 93.9 cm³/mol. The normalized spacial score (nSPS) is 12.5. The van der Waals surface area contributed by atoms with Gasteiger partial charge in [0.25, 0.3) is 0 Å². The lowest BCUT2D eigenvalue weighted by molar-refractivity contribution is -0.145. The van der Waals surface area contributed by atoms with Crippen LogP contribution in [-0.2, 0) is 16.6 Å². The average molecular weight is 328 g/mol. The third-order valence-electron chi connectivity index (χ3n) is 3.82. The first-order valence-corrected chi connectivity index (χ1v) is 7.93. The summed E-state index contributed by atoms with van der Waals surface area (Å²) in [4.78, 5) is 11.6. The van der Waals surface area contributed by atoms with Crippen LogP contribution in [0.1, 0.15) is 31.9 Å². The maximum absolute atomic E-state index is 11.6. The molecule has 0 radical (unpaired) electrons. The molecule has 2 rings (SSSR count). The van der Waals surface area contributed by atoms with Crippen LogP contribution < -0.4 is 9.47 Å². The minimum Gasteiger partial charge on any atom is -0.497 e. The second-order valence-electron chi connectivity index (χ2n) is 6.74. The fourth-order valence-corrected chi connectivity index (χ4v) is 2.50. The van der Waals surface area contributed by atoms with E-state index in [1.807, 2.05) is 48.5 Å². The van der Waals surface area contributed by atoms with E-state index in [1.165, 1.54) is 0 Å². The molecule has 2 aromatic carbocycles. The summed E-state index contributed by atoms with van der Waals surface area (Å²) < 4.78 is 11.0. The molecule has 0 aromatic heterocycles. The Kier molecular flexibility index (Phi) is 5.50. The number of methoxy groups -OCH3 is 1. The van der Waals surface area contributed by atoms with Crippen LogP contribution in [0.3, 0.4) is 0 Å². The summed E-state index contributed by atoms with van der Waals surface area (Å²) in [6.07, 6.45) is -0.653. The van der Waals surface area contributed by atoms with Crippen LogP contribution in [0, 0.1) is 0 Å². The second-order valence-corrected chi connectivity index (χ2v) is 6.74. The van der Waals surface area contributed by atoms with Crippen LogP contribution in [0.4, 0.5) is 0 Å². The third-order valence-corrected chi connectivity index (χ3v) is 3.82. The van der Waals surface area contributed by atoms with Crippen LogP contribution in [0.5, 0.6) is 11.5 Å². The van der Waals surface area contributed by atoms with E-state index in [1.54, 1.807) is 7.11 Å². The van der Waals surface area contributed by atoms with Crippen LogP contribution >= 0.6 is 0 Å². The van der Waals surface area contributed by atoms with Gasteiger partial charge in [-0.05, 0) is 34.7 Å². The predicted octanol–water partition coefficient (Wildman–Crippen LogP) is 4.07. The van der Waals surface area contributed by atoms with Gasteiger partial charge in [-0.25, -0.2) is 4.79 Å². The van der Waals surface area contributed by atoms with Gasteiger partial charge < -0.3 is 14.6 Å². The van der Waals surface area contributed by atoms with Gasteiger partial charge >= 0.3 is 5.97 Å². The average Bonchev–Trinajstić information content (AvgIpc) is 2.54. The van der Waals surface area contributed by atoms with Gasteiger partial charge in [0, 0.05) is 6.42 Å². The molecule has 4 heteroatoms. The van der Waals surface area contributed by atoms with Crippen LogP contribution in [-0.4, -0.2) is 24.3 Å². The minimum atomic E-state index is -0.977. The van der Waals surface area contributed by atoms with Crippen molar-refractivity contribution in [3.05, 3.63) is 59.7 Å². The third kappa shape index (κ3) is 4.51. The van der Waals surface area contributed by atoms with Crippen molar-refractivity contribution < 1.29 is 19.4 Å². The Bertz CT molecular complexity index is 684. The second kappa shape index (κ2) is 7.39. The maximum atomic E-state index is 11.6. The molecule has 0 aliphatic carbocycles. The standard InChI is InChI=1S/C20H24O4/c1-20(2,3)16-7-5-6-8-17(16)24-18(19(21)22)13-14-9-11-15(23-4)12-10-14/h5-12,18H,13H2,1-4H3,(H,21,22)/t18-/m1/s1. The molecule has 0 unspecified atom stereocenters. The summed E-state index contributed by atoms with van der Waals surface area (Å²) in [5, 5.41) is 9.54. The number of para-hydroxylation sites is 1. The number of aliphatic carboxylic acids is 1. The molecule has 0 aliphatic heterocycles. The Morgan fingerprint density at radius 2 is 1.71 bits per heavy atom. The number of hydrogen-bond acceptors (Lipinski definition) is 3. The van der Waals surface area contributed by atoms with Gasteiger partial charge in [0.05, 0.1) is 7.11 Å². The van der Waals surface area contributed by atoms with Gasteiger partial charge in [0.2, 0.25) is 0 Å². The number of rotatable bonds is 6. The van der Waals surface area contributed by atoms with Crippen LogP contribution in [0.15, 0.2) is 48.5 Å². The molecule has 0 spiro atoms. The SMILES string of the molecule is COc1ccc(C[C@@H](Oc2ccccc2C(C)(C)C)C(=O)O)cc1. The van der Waals surface area contributed by atoms with E-state index in [-0.39, 0.29) is 11.8 Å². The van der Waals surface area contributed by atoms with Crippen molar-refractivity contribution in [3.8, 4) is 11.5 Å². The summed E-state index contributed by atoms with van der Waals surface area (Å²) in [6, 6.07) is 14.9. The van der Waals surface area contributed by atoms with Gasteiger partial charge in [-0.15, -0.1) is 0 Å². The summed E-state index contributed by atoms with van der Waals surface area (Å²) in [6.45, 7) is 6.23. The van der Waals surface area contributed by atoms with Gasteiger partial charge in [0.1, 0.15) is 11.5 Å². The van der Waals surface area contributed by atoms with E-state index < -0.39 is 12.1 Å². The first kappa shape index (κ1) is 17.9. The van der Waals surface area contributed by atoms with E-state index in [0.717, 1.165) is 16.9 Å². The molecule has 0 heterocycles. The highest BCUT2D eigenvalue weighted by molar-refractivity contribution is 5.73. The van der Waals surface area contributed by atoms with Crippen molar-refractivity contribution in [1.29, 1.82) is 0 Å². The quantitative estimate of drug-likeness (QED) is 0.868. The van der Waals surface area contributed by atoms with Gasteiger partial charge in [-0.3, -0.25) is 0 Å². The highest BCUT2D eigenvalue weighted by Gasteiger charge is 2.24.